The van der Waals surface area contributed by atoms with E-state index >= 15 is 0 Å². The average molecular weight is 469 g/mol. The van der Waals surface area contributed by atoms with Crippen LogP contribution in [0, 0.1) is 20.8 Å². The van der Waals surface area contributed by atoms with Crippen molar-refractivity contribution in [2.75, 3.05) is 17.0 Å². The van der Waals surface area contributed by atoms with Gasteiger partial charge >= 0.3 is 0 Å². The van der Waals surface area contributed by atoms with Gasteiger partial charge in [-0.3, -0.25) is 9.52 Å². The maximum Gasteiger partial charge on any atom is 0.262 e. The van der Waals surface area contributed by atoms with Gasteiger partial charge in [-0.1, -0.05) is 48.5 Å². The fraction of sp³-hybridized carbons (Fsp3) is 0.240. The molecular formula is C25H28N2O3S2. The first-order chi connectivity index (χ1) is 15.3. The van der Waals surface area contributed by atoms with Gasteiger partial charge < -0.3 is 5.32 Å². The van der Waals surface area contributed by atoms with Crippen molar-refractivity contribution in [3.05, 3.63) is 94.5 Å². The van der Waals surface area contributed by atoms with Crippen LogP contribution in [-0.4, -0.2) is 26.6 Å². The lowest BCUT2D eigenvalue weighted by Crippen LogP contribution is -2.26. The molecule has 0 heterocycles. The smallest absolute Gasteiger partial charge is 0.262 e. The zero-order valence-electron chi connectivity index (χ0n) is 18.5. The molecule has 0 fully saturated rings. The summed E-state index contributed by atoms with van der Waals surface area (Å²) in [5.41, 5.74) is 4.48. The molecule has 0 unspecified atom stereocenters. The molecule has 0 aromatic heterocycles. The second-order valence-electron chi connectivity index (χ2n) is 7.70. The number of nitrogens with one attached hydrogen (secondary N) is 2. The third kappa shape index (κ3) is 6.37. The van der Waals surface area contributed by atoms with Crippen LogP contribution in [-0.2, 0) is 15.8 Å². The lowest BCUT2D eigenvalue weighted by atomic mass is 10.1. The van der Waals surface area contributed by atoms with Gasteiger partial charge in [0.15, 0.2) is 0 Å². The van der Waals surface area contributed by atoms with Gasteiger partial charge in [0.25, 0.3) is 15.9 Å². The molecule has 3 rings (SSSR count). The molecule has 0 bridgehead atoms. The van der Waals surface area contributed by atoms with Crippen molar-refractivity contribution in [2.24, 2.45) is 0 Å². The van der Waals surface area contributed by atoms with E-state index < -0.39 is 10.0 Å². The first-order valence-corrected chi connectivity index (χ1v) is 13.0. The Balaban J connectivity index is 1.63. The molecule has 0 atom stereocenters. The number of rotatable bonds is 9. The van der Waals surface area contributed by atoms with Crippen molar-refractivity contribution in [3.8, 4) is 0 Å². The molecule has 3 aromatic carbocycles. The van der Waals surface area contributed by atoms with Crippen LogP contribution in [0.1, 0.15) is 32.6 Å². The number of sulfonamides is 1. The lowest BCUT2D eigenvalue weighted by molar-refractivity contribution is 0.0956. The van der Waals surface area contributed by atoms with Crippen LogP contribution in [0.25, 0.3) is 0 Å². The molecule has 7 heteroatoms. The Morgan fingerprint density at radius 1 is 0.906 bits per heavy atom. The van der Waals surface area contributed by atoms with Crippen LogP contribution >= 0.6 is 11.8 Å². The zero-order valence-corrected chi connectivity index (χ0v) is 20.1. The highest BCUT2D eigenvalue weighted by molar-refractivity contribution is 7.98. The lowest BCUT2D eigenvalue weighted by Gasteiger charge is -2.14. The molecule has 168 valence electrons. The number of carbonyl (C=O) groups excluding carboxylic acids is 1. The van der Waals surface area contributed by atoms with Crippen LogP contribution in [0.5, 0.6) is 0 Å². The topological polar surface area (TPSA) is 75.3 Å². The summed E-state index contributed by atoms with van der Waals surface area (Å²) < 4.78 is 28.8. The normalized spacial score (nSPS) is 11.2. The fourth-order valence-corrected chi connectivity index (χ4v) is 5.39. The van der Waals surface area contributed by atoms with E-state index in [4.69, 9.17) is 0 Å². The zero-order chi connectivity index (χ0) is 23.1. The number of benzene rings is 3. The van der Waals surface area contributed by atoms with E-state index in [1.807, 2.05) is 44.2 Å². The molecule has 0 spiro atoms. The van der Waals surface area contributed by atoms with E-state index in [1.165, 1.54) is 11.6 Å². The van der Waals surface area contributed by atoms with Crippen molar-refractivity contribution in [2.45, 2.75) is 31.4 Å². The molecule has 0 aliphatic carbocycles. The van der Waals surface area contributed by atoms with Gasteiger partial charge in [-0.25, -0.2) is 8.42 Å². The highest BCUT2D eigenvalue weighted by atomic mass is 32.2. The summed E-state index contributed by atoms with van der Waals surface area (Å²) in [5, 5.41) is 2.87. The third-order valence-corrected chi connectivity index (χ3v) is 7.56. The van der Waals surface area contributed by atoms with Crippen molar-refractivity contribution in [1.29, 1.82) is 0 Å². The summed E-state index contributed by atoms with van der Waals surface area (Å²) in [6.07, 6.45) is 0. The molecule has 0 saturated heterocycles. The van der Waals surface area contributed by atoms with Crippen LogP contribution < -0.4 is 10.0 Å². The third-order valence-electron chi connectivity index (χ3n) is 5.02. The molecular weight excluding hydrogens is 440 g/mol. The summed E-state index contributed by atoms with van der Waals surface area (Å²) in [6.45, 7) is 5.99. The van der Waals surface area contributed by atoms with E-state index in [0.717, 1.165) is 22.6 Å². The molecule has 1 amide bonds. The van der Waals surface area contributed by atoms with Gasteiger partial charge in [0.1, 0.15) is 0 Å². The molecule has 5 nitrogen and oxygen atoms in total. The Hall–Kier alpha value is -2.77. The number of hydrogen-bond acceptors (Lipinski definition) is 4. The minimum absolute atomic E-state index is 0.101. The van der Waals surface area contributed by atoms with Crippen molar-refractivity contribution in [3.63, 3.8) is 0 Å². The van der Waals surface area contributed by atoms with E-state index in [2.05, 4.69) is 22.2 Å². The monoisotopic (exact) mass is 468 g/mol. The molecule has 2 N–H and O–H groups in total. The second-order valence-corrected chi connectivity index (χ2v) is 10.5. The molecule has 0 radical (unpaired) electrons. The van der Waals surface area contributed by atoms with Gasteiger partial charge in [-0.2, -0.15) is 11.8 Å². The van der Waals surface area contributed by atoms with E-state index in [1.54, 1.807) is 36.9 Å². The summed E-state index contributed by atoms with van der Waals surface area (Å²) in [4.78, 5) is 12.7. The molecule has 0 aliphatic heterocycles. The summed E-state index contributed by atoms with van der Waals surface area (Å²) in [6, 6.07) is 20.5. The SMILES string of the molecule is Cc1ccc(C)c(NS(=O)(=O)c2cc(C(=O)NCCSCc3ccccc3)ccc2C)c1. The van der Waals surface area contributed by atoms with Crippen LogP contribution in [0.3, 0.4) is 0 Å². The number of anilines is 1. The minimum Gasteiger partial charge on any atom is -0.351 e. The Kier molecular flexibility index (Phi) is 7.99. The van der Waals surface area contributed by atoms with E-state index in [-0.39, 0.29) is 10.8 Å². The summed E-state index contributed by atoms with van der Waals surface area (Å²) >= 11 is 1.74. The molecule has 32 heavy (non-hydrogen) atoms. The summed E-state index contributed by atoms with van der Waals surface area (Å²) in [5.74, 6) is 1.37. The van der Waals surface area contributed by atoms with E-state index in [0.29, 0.717) is 23.4 Å². The van der Waals surface area contributed by atoms with Gasteiger partial charge in [0.05, 0.1) is 10.6 Å². The number of aryl methyl sites for hydroxylation is 3. The highest BCUT2D eigenvalue weighted by Crippen LogP contribution is 2.24. The maximum atomic E-state index is 13.0. The number of carbonyl (C=O) groups is 1. The quantitative estimate of drug-likeness (QED) is 0.430. The minimum atomic E-state index is -3.83. The second kappa shape index (κ2) is 10.7. The Labute approximate surface area is 194 Å². The first-order valence-electron chi connectivity index (χ1n) is 10.4. The molecule has 3 aromatic rings. The predicted octanol–water partition coefficient (Wildman–Crippen LogP) is 5.08. The largest absolute Gasteiger partial charge is 0.351 e. The number of amides is 1. The Bertz CT molecular complexity index is 1190. The van der Waals surface area contributed by atoms with Crippen molar-refractivity contribution >= 4 is 33.4 Å². The highest BCUT2D eigenvalue weighted by Gasteiger charge is 2.20. The van der Waals surface area contributed by atoms with Gasteiger partial charge in [0, 0.05) is 23.6 Å². The van der Waals surface area contributed by atoms with Gasteiger partial charge in [-0.15, -0.1) is 0 Å². The van der Waals surface area contributed by atoms with Crippen LogP contribution in [0.2, 0.25) is 0 Å². The van der Waals surface area contributed by atoms with E-state index in [9.17, 15) is 13.2 Å². The van der Waals surface area contributed by atoms with Crippen LogP contribution in [0.15, 0.2) is 71.6 Å². The number of thioether (sulfide) groups is 1. The molecule has 0 saturated carbocycles. The fourth-order valence-electron chi connectivity index (χ4n) is 3.18. The Morgan fingerprint density at radius 3 is 2.38 bits per heavy atom. The average Bonchev–Trinajstić information content (AvgIpc) is 2.76. The van der Waals surface area contributed by atoms with Crippen molar-refractivity contribution < 1.29 is 13.2 Å². The van der Waals surface area contributed by atoms with Gasteiger partial charge in [-0.05, 0) is 61.2 Å². The Morgan fingerprint density at radius 2 is 1.62 bits per heavy atom. The van der Waals surface area contributed by atoms with Crippen molar-refractivity contribution in [1.82, 2.24) is 5.32 Å². The predicted molar refractivity (Wildman–Crippen MR) is 133 cm³/mol. The summed E-state index contributed by atoms with van der Waals surface area (Å²) in [7, 11) is -3.83. The van der Waals surface area contributed by atoms with Gasteiger partial charge in [0.2, 0.25) is 0 Å². The van der Waals surface area contributed by atoms with Crippen LogP contribution in [0.4, 0.5) is 5.69 Å². The first kappa shape index (κ1) is 23.9. The standard InChI is InChI=1S/C25H28N2O3S2/c1-18-9-10-19(2)23(15-18)27-32(29,30)24-16-22(12-11-20(24)3)25(28)26-13-14-31-17-21-7-5-4-6-8-21/h4-12,15-16,27H,13-14,17H2,1-3H3,(H,26,28). The maximum absolute atomic E-state index is 13.0. The molecule has 0 aliphatic rings. The number of hydrogen-bond donors (Lipinski definition) is 2.